The van der Waals surface area contributed by atoms with Gasteiger partial charge in [0.25, 0.3) is 0 Å². The van der Waals surface area contributed by atoms with E-state index in [9.17, 15) is 4.79 Å². The van der Waals surface area contributed by atoms with Crippen molar-refractivity contribution in [3.8, 4) is 11.8 Å². The van der Waals surface area contributed by atoms with Crippen LogP contribution in [0.15, 0.2) is 67.0 Å². The lowest BCUT2D eigenvalue weighted by Crippen LogP contribution is -2.22. The van der Waals surface area contributed by atoms with Crippen molar-refractivity contribution in [2.75, 3.05) is 0 Å². The Labute approximate surface area is 146 Å². The molecule has 1 N–H and O–H groups in total. The molecule has 124 valence electrons. The monoisotopic (exact) mass is 330 g/mol. The Morgan fingerprint density at radius 1 is 1.08 bits per heavy atom. The number of carbonyl (C=O) groups is 1. The molecule has 0 radical (unpaired) electrons. The van der Waals surface area contributed by atoms with Crippen molar-refractivity contribution in [1.82, 2.24) is 15.1 Å². The fourth-order valence-corrected chi connectivity index (χ4v) is 2.47. The van der Waals surface area contributed by atoms with Crippen molar-refractivity contribution in [1.29, 1.82) is 5.26 Å². The normalized spacial score (nSPS) is 10.2. The standard InChI is InChI=1S/C20H18N4O/c21-12-17-8-6-16(7-9-17)10-11-20(25)22-13-18-14-23-24(15-18)19-4-2-1-3-5-19/h1-9,14-15H,10-11,13H2,(H,22,25). The average molecular weight is 330 g/mol. The van der Waals surface area contributed by atoms with Crippen molar-refractivity contribution in [3.05, 3.63) is 83.7 Å². The zero-order valence-corrected chi connectivity index (χ0v) is 13.7. The highest BCUT2D eigenvalue weighted by Gasteiger charge is 2.05. The Kier molecular flexibility index (Phi) is 5.22. The number of nitrogens with one attached hydrogen (secondary N) is 1. The molecule has 0 bridgehead atoms. The van der Waals surface area contributed by atoms with Gasteiger partial charge in [0.15, 0.2) is 0 Å². The molecule has 3 rings (SSSR count). The summed E-state index contributed by atoms with van der Waals surface area (Å²) >= 11 is 0. The Morgan fingerprint density at radius 2 is 1.84 bits per heavy atom. The zero-order chi connectivity index (χ0) is 17.5. The van der Waals surface area contributed by atoms with Crippen molar-refractivity contribution in [3.63, 3.8) is 0 Å². The molecular formula is C20H18N4O. The highest BCUT2D eigenvalue weighted by molar-refractivity contribution is 5.76. The molecule has 0 atom stereocenters. The maximum atomic E-state index is 12.0. The number of aryl methyl sites for hydroxylation is 1. The molecule has 0 unspecified atom stereocenters. The molecular weight excluding hydrogens is 312 g/mol. The molecule has 2 aromatic carbocycles. The van der Waals surface area contributed by atoms with E-state index in [1.54, 1.807) is 23.0 Å². The Bertz CT molecular complexity index is 876. The molecule has 0 aliphatic carbocycles. The highest BCUT2D eigenvalue weighted by atomic mass is 16.1. The maximum absolute atomic E-state index is 12.0. The van der Waals surface area contributed by atoms with Crippen LogP contribution in [0, 0.1) is 11.3 Å². The van der Waals surface area contributed by atoms with Crippen LogP contribution in [0.25, 0.3) is 5.69 Å². The molecule has 5 heteroatoms. The summed E-state index contributed by atoms with van der Waals surface area (Å²) in [6, 6.07) is 19.2. The van der Waals surface area contributed by atoms with E-state index >= 15 is 0 Å². The molecule has 5 nitrogen and oxygen atoms in total. The van der Waals surface area contributed by atoms with E-state index in [1.807, 2.05) is 48.7 Å². The topological polar surface area (TPSA) is 70.7 Å². The lowest BCUT2D eigenvalue weighted by atomic mass is 10.1. The second-order valence-electron chi connectivity index (χ2n) is 5.71. The number of benzene rings is 2. The lowest BCUT2D eigenvalue weighted by Gasteiger charge is -2.04. The van der Waals surface area contributed by atoms with Crippen LogP contribution < -0.4 is 5.32 Å². The fourth-order valence-electron chi connectivity index (χ4n) is 2.47. The van der Waals surface area contributed by atoms with E-state index < -0.39 is 0 Å². The van der Waals surface area contributed by atoms with Crippen LogP contribution in [-0.4, -0.2) is 15.7 Å². The van der Waals surface area contributed by atoms with E-state index in [4.69, 9.17) is 5.26 Å². The number of aromatic nitrogens is 2. The summed E-state index contributed by atoms with van der Waals surface area (Å²) in [7, 11) is 0. The Morgan fingerprint density at radius 3 is 2.56 bits per heavy atom. The first-order chi connectivity index (χ1) is 12.2. The number of carbonyl (C=O) groups excluding carboxylic acids is 1. The summed E-state index contributed by atoms with van der Waals surface area (Å²) in [6.07, 6.45) is 4.74. The summed E-state index contributed by atoms with van der Waals surface area (Å²) in [4.78, 5) is 12.0. The molecule has 0 spiro atoms. The van der Waals surface area contributed by atoms with Crippen LogP contribution in [-0.2, 0) is 17.8 Å². The third-order valence-corrected chi connectivity index (χ3v) is 3.87. The average Bonchev–Trinajstić information content (AvgIpc) is 3.15. The Hall–Kier alpha value is -3.39. The van der Waals surface area contributed by atoms with Gasteiger partial charge in [-0.1, -0.05) is 30.3 Å². The largest absolute Gasteiger partial charge is 0.352 e. The minimum absolute atomic E-state index is 0.00294. The van der Waals surface area contributed by atoms with Crippen molar-refractivity contribution < 1.29 is 4.79 Å². The van der Waals surface area contributed by atoms with Crippen LogP contribution >= 0.6 is 0 Å². The summed E-state index contributed by atoms with van der Waals surface area (Å²) in [5.41, 5.74) is 3.62. The van der Waals surface area contributed by atoms with Crippen molar-refractivity contribution in [2.45, 2.75) is 19.4 Å². The minimum Gasteiger partial charge on any atom is -0.352 e. The fraction of sp³-hybridized carbons (Fsp3) is 0.150. The van der Waals surface area contributed by atoms with Gasteiger partial charge in [0.05, 0.1) is 23.5 Å². The summed E-state index contributed by atoms with van der Waals surface area (Å²) in [5, 5.41) is 16.0. The molecule has 0 aliphatic rings. The maximum Gasteiger partial charge on any atom is 0.220 e. The lowest BCUT2D eigenvalue weighted by molar-refractivity contribution is -0.121. The van der Waals surface area contributed by atoms with Gasteiger partial charge < -0.3 is 5.32 Å². The quantitative estimate of drug-likeness (QED) is 0.755. The van der Waals surface area contributed by atoms with Gasteiger partial charge in [-0.05, 0) is 36.2 Å². The first-order valence-corrected chi connectivity index (χ1v) is 8.09. The van der Waals surface area contributed by atoms with Gasteiger partial charge in [-0.2, -0.15) is 10.4 Å². The van der Waals surface area contributed by atoms with Crippen LogP contribution in [0.1, 0.15) is 23.1 Å². The molecule has 0 saturated carbocycles. The number of hydrogen-bond acceptors (Lipinski definition) is 3. The number of nitrogens with zero attached hydrogens (tertiary/aromatic N) is 3. The van der Waals surface area contributed by atoms with Gasteiger partial charge in [0, 0.05) is 24.7 Å². The van der Waals surface area contributed by atoms with Crippen LogP contribution in [0.2, 0.25) is 0 Å². The van der Waals surface area contributed by atoms with Gasteiger partial charge in [-0.15, -0.1) is 0 Å². The SMILES string of the molecule is N#Cc1ccc(CCC(=O)NCc2cnn(-c3ccccc3)c2)cc1. The summed E-state index contributed by atoms with van der Waals surface area (Å²) in [6.45, 7) is 0.457. The third-order valence-electron chi connectivity index (χ3n) is 3.87. The predicted octanol–water partition coefficient (Wildman–Crippen LogP) is 2.99. The van der Waals surface area contributed by atoms with E-state index in [0.29, 0.717) is 24.9 Å². The smallest absolute Gasteiger partial charge is 0.220 e. The predicted molar refractivity (Wildman–Crippen MR) is 94.9 cm³/mol. The van der Waals surface area contributed by atoms with E-state index in [1.165, 1.54) is 0 Å². The molecule has 1 amide bonds. The van der Waals surface area contributed by atoms with Crippen molar-refractivity contribution in [2.24, 2.45) is 0 Å². The first kappa shape index (κ1) is 16.5. The van der Waals surface area contributed by atoms with E-state index in [-0.39, 0.29) is 5.91 Å². The van der Waals surface area contributed by atoms with Gasteiger partial charge >= 0.3 is 0 Å². The number of nitriles is 1. The number of amides is 1. The minimum atomic E-state index is -0.00294. The third kappa shape index (κ3) is 4.55. The second kappa shape index (κ2) is 7.93. The molecule has 1 heterocycles. The van der Waals surface area contributed by atoms with E-state index in [2.05, 4.69) is 16.5 Å². The summed E-state index contributed by atoms with van der Waals surface area (Å²) in [5.74, 6) is -0.00294. The molecule has 1 aromatic heterocycles. The molecule has 3 aromatic rings. The highest BCUT2D eigenvalue weighted by Crippen LogP contribution is 2.08. The molecule has 0 fully saturated rings. The van der Waals surface area contributed by atoms with Gasteiger partial charge in [-0.3, -0.25) is 4.79 Å². The number of para-hydroxylation sites is 1. The van der Waals surface area contributed by atoms with Crippen LogP contribution in [0.5, 0.6) is 0 Å². The molecule has 0 saturated heterocycles. The Balaban J connectivity index is 1.47. The summed E-state index contributed by atoms with van der Waals surface area (Å²) < 4.78 is 1.79. The first-order valence-electron chi connectivity index (χ1n) is 8.09. The van der Waals surface area contributed by atoms with Crippen LogP contribution in [0.3, 0.4) is 0 Å². The van der Waals surface area contributed by atoms with Gasteiger partial charge in [0.1, 0.15) is 0 Å². The van der Waals surface area contributed by atoms with Gasteiger partial charge in [0.2, 0.25) is 5.91 Å². The van der Waals surface area contributed by atoms with E-state index in [0.717, 1.165) is 16.8 Å². The van der Waals surface area contributed by atoms with Crippen LogP contribution in [0.4, 0.5) is 0 Å². The van der Waals surface area contributed by atoms with Crippen molar-refractivity contribution >= 4 is 5.91 Å². The molecule has 25 heavy (non-hydrogen) atoms. The zero-order valence-electron chi connectivity index (χ0n) is 13.7. The van der Waals surface area contributed by atoms with Gasteiger partial charge in [-0.25, -0.2) is 4.68 Å². The number of hydrogen-bond donors (Lipinski definition) is 1. The second-order valence-corrected chi connectivity index (χ2v) is 5.71. The number of rotatable bonds is 6. The molecule has 0 aliphatic heterocycles.